The van der Waals surface area contributed by atoms with Crippen molar-refractivity contribution in [1.82, 2.24) is 24.8 Å². The van der Waals surface area contributed by atoms with Gasteiger partial charge in [-0.2, -0.15) is 0 Å². The van der Waals surface area contributed by atoms with Crippen molar-refractivity contribution in [1.29, 1.82) is 0 Å². The van der Waals surface area contributed by atoms with E-state index in [4.69, 9.17) is 11.6 Å². The van der Waals surface area contributed by atoms with Gasteiger partial charge in [0, 0.05) is 18.9 Å². The molecule has 3 aromatic heterocycles. The van der Waals surface area contributed by atoms with Gasteiger partial charge in [0.2, 0.25) is 11.7 Å². The number of carbonyl (C=O) groups excluding carboxylic acids is 1. The number of halogens is 1. The summed E-state index contributed by atoms with van der Waals surface area (Å²) in [6, 6.07) is 3.14. The van der Waals surface area contributed by atoms with E-state index in [1.54, 1.807) is 24.0 Å². The minimum atomic E-state index is -1.37. The molecule has 0 radical (unpaired) electrons. The minimum absolute atomic E-state index is 0.145. The number of aromatic nitrogens is 4. The summed E-state index contributed by atoms with van der Waals surface area (Å²) in [7, 11) is 1.55. The third-order valence-electron chi connectivity index (χ3n) is 6.85. The van der Waals surface area contributed by atoms with Gasteiger partial charge in [0.25, 0.3) is 0 Å². The van der Waals surface area contributed by atoms with Crippen LogP contribution in [0.15, 0.2) is 18.5 Å². The van der Waals surface area contributed by atoms with Crippen molar-refractivity contribution in [2.45, 2.75) is 24.7 Å². The topological polar surface area (TPSA) is 113 Å². The van der Waals surface area contributed by atoms with Crippen LogP contribution in [0.3, 0.4) is 0 Å². The Labute approximate surface area is 179 Å². The molecule has 4 aliphatic rings. The van der Waals surface area contributed by atoms with Crippen molar-refractivity contribution in [2.24, 2.45) is 17.3 Å². The first-order valence-corrected chi connectivity index (χ1v) is 10.7. The predicted octanol–water partition coefficient (Wildman–Crippen LogP) is 0.888. The Balaban J connectivity index is 1.42. The molecular formula is C20H16ClN5O3S. The van der Waals surface area contributed by atoms with Crippen LogP contribution in [0, 0.1) is 36.0 Å². The number of hydrogen-bond donors (Lipinski definition) is 3. The third kappa shape index (κ3) is 1.91. The molecule has 4 fully saturated rings. The number of carbonyl (C=O) groups is 1. The second kappa shape index (κ2) is 5.59. The zero-order valence-corrected chi connectivity index (χ0v) is 17.5. The van der Waals surface area contributed by atoms with Gasteiger partial charge in [-0.05, 0) is 30.9 Å². The van der Waals surface area contributed by atoms with Crippen LogP contribution < -0.4 is 5.32 Å². The first-order chi connectivity index (χ1) is 14.4. The van der Waals surface area contributed by atoms with Crippen LogP contribution in [0.1, 0.15) is 22.4 Å². The fourth-order valence-electron chi connectivity index (χ4n) is 5.58. The monoisotopic (exact) mass is 441 g/mol. The third-order valence-corrected chi connectivity index (χ3v) is 8.00. The van der Waals surface area contributed by atoms with Gasteiger partial charge in [-0.3, -0.25) is 4.79 Å². The standard InChI is InChI=1S/C20H16ClN5O3S/c1-8-13-17(25-11(24-8)6-4-9-3-5-10(21)30-9)26(7-23-13)14-12-15-19(12,18(28)22-2)20(15,29)16(14)27/h3,5,7,12,14-16,27,29H,1-2H3,(H,22,28)/t12-,14+,15?,16?,19-,20?/m0/s1. The minimum Gasteiger partial charge on any atom is -0.388 e. The summed E-state index contributed by atoms with van der Waals surface area (Å²) >= 11 is 7.32. The number of fused-ring (bicyclic) bond motifs is 2. The van der Waals surface area contributed by atoms with Gasteiger partial charge in [0.05, 0.1) is 32.7 Å². The van der Waals surface area contributed by atoms with Gasteiger partial charge in [-0.1, -0.05) is 11.6 Å². The zero-order valence-electron chi connectivity index (χ0n) is 15.9. The van der Waals surface area contributed by atoms with Crippen LogP contribution in [-0.4, -0.2) is 54.4 Å². The average Bonchev–Trinajstić information content (AvgIpc) is 3.22. The summed E-state index contributed by atoms with van der Waals surface area (Å²) in [5.41, 5.74) is -0.470. The van der Waals surface area contributed by atoms with E-state index in [-0.39, 0.29) is 17.7 Å². The Morgan fingerprint density at radius 1 is 1.37 bits per heavy atom. The molecule has 4 saturated carbocycles. The van der Waals surface area contributed by atoms with Gasteiger partial charge in [0.15, 0.2) is 5.65 Å². The van der Waals surface area contributed by atoms with Gasteiger partial charge in [0.1, 0.15) is 17.2 Å². The second-order valence-corrected chi connectivity index (χ2v) is 9.74. The highest BCUT2D eigenvalue weighted by Crippen LogP contribution is 2.95. The van der Waals surface area contributed by atoms with Crippen LogP contribution in [0.4, 0.5) is 0 Å². The van der Waals surface area contributed by atoms with E-state index in [9.17, 15) is 15.0 Å². The number of hydrogen-bond acceptors (Lipinski definition) is 7. The molecule has 4 aliphatic carbocycles. The number of nitrogens with one attached hydrogen (secondary N) is 1. The average molecular weight is 442 g/mol. The van der Waals surface area contributed by atoms with Crippen molar-refractivity contribution in [2.75, 3.05) is 7.05 Å². The number of nitrogens with zero attached hydrogens (tertiary/aromatic N) is 4. The van der Waals surface area contributed by atoms with E-state index in [2.05, 4.69) is 32.1 Å². The maximum Gasteiger partial charge on any atom is 0.229 e. The van der Waals surface area contributed by atoms with E-state index in [0.717, 1.165) is 4.88 Å². The summed E-state index contributed by atoms with van der Waals surface area (Å²) in [6.45, 7) is 1.82. The summed E-state index contributed by atoms with van der Waals surface area (Å²) < 4.78 is 2.42. The molecule has 1 amide bonds. The molecule has 10 heteroatoms. The Hall–Kier alpha value is -2.51. The second-order valence-electron chi connectivity index (χ2n) is 8.02. The van der Waals surface area contributed by atoms with Crippen LogP contribution in [0.2, 0.25) is 4.34 Å². The number of amides is 1. The normalized spacial score (nSPS) is 35.0. The summed E-state index contributed by atoms with van der Waals surface area (Å²) in [6.07, 6.45) is 0.526. The van der Waals surface area contributed by atoms with Crippen molar-refractivity contribution in [3.63, 3.8) is 0 Å². The first kappa shape index (κ1) is 18.3. The quantitative estimate of drug-likeness (QED) is 0.509. The lowest BCUT2D eigenvalue weighted by atomic mass is 10.0. The fourth-order valence-corrected chi connectivity index (χ4v) is 6.48. The summed E-state index contributed by atoms with van der Waals surface area (Å²) in [5.74, 6) is 5.70. The highest BCUT2D eigenvalue weighted by molar-refractivity contribution is 7.16. The number of thiophene rings is 1. The molecule has 30 heavy (non-hydrogen) atoms. The number of imidazole rings is 1. The fraction of sp³-hybridized carbons (Fsp3) is 0.400. The van der Waals surface area contributed by atoms with Crippen LogP contribution in [0.25, 0.3) is 11.2 Å². The van der Waals surface area contributed by atoms with Gasteiger partial charge in [-0.25, -0.2) is 15.0 Å². The van der Waals surface area contributed by atoms with Crippen molar-refractivity contribution in [3.05, 3.63) is 39.2 Å². The Bertz CT molecular complexity index is 1320. The molecule has 6 atom stereocenters. The Kier molecular flexibility index (Phi) is 3.40. The highest BCUT2D eigenvalue weighted by atomic mass is 35.5. The summed E-state index contributed by atoms with van der Waals surface area (Å²) in [5, 5.41) is 24.3. The SMILES string of the molecule is CNC(=O)[C@@]12C3[C@@H]1[C@@H](n1cnc4c(C)nc(C#Cc5ccc(Cl)s5)nc41)C(O)C32O. The maximum atomic E-state index is 12.4. The van der Waals surface area contributed by atoms with Crippen LogP contribution in [-0.2, 0) is 4.79 Å². The van der Waals surface area contributed by atoms with Crippen LogP contribution in [0.5, 0.6) is 0 Å². The lowest BCUT2D eigenvalue weighted by Gasteiger charge is -2.18. The summed E-state index contributed by atoms with van der Waals surface area (Å²) in [4.78, 5) is 26.6. The zero-order chi connectivity index (χ0) is 21.0. The molecule has 0 saturated heterocycles. The van der Waals surface area contributed by atoms with Crippen LogP contribution >= 0.6 is 22.9 Å². The Morgan fingerprint density at radius 3 is 2.83 bits per heavy atom. The number of aliphatic hydroxyl groups is 2. The molecule has 0 aliphatic heterocycles. The van der Waals surface area contributed by atoms with Gasteiger partial charge >= 0.3 is 0 Å². The predicted molar refractivity (Wildman–Crippen MR) is 109 cm³/mol. The lowest BCUT2D eigenvalue weighted by Crippen LogP contribution is -2.38. The first-order valence-electron chi connectivity index (χ1n) is 9.46. The molecule has 8 nitrogen and oxygen atoms in total. The molecule has 152 valence electrons. The van der Waals surface area contributed by atoms with E-state index >= 15 is 0 Å². The van der Waals surface area contributed by atoms with Crippen molar-refractivity contribution < 1.29 is 15.0 Å². The molecule has 3 heterocycles. The molecule has 0 aromatic carbocycles. The smallest absolute Gasteiger partial charge is 0.229 e. The largest absolute Gasteiger partial charge is 0.388 e. The molecule has 2 bridgehead atoms. The van der Waals surface area contributed by atoms with E-state index in [1.165, 1.54) is 11.3 Å². The van der Waals surface area contributed by atoms with Gasteiger partial charge < -0.3 is 20.1 Å². The molecule has 3 unspecified atom stereocenters. The maximum absolute atomic E-state index is 12.4. The number of rotatable bonds is 2. The van der Waals surface area contributed by atoms with Crippen molar-refractivity contribution in [3.8, 4) is 11.8 Å². The van der Waals surface area contributed by atoms with Crippen molar-refractivity contribution >= 4 is 40.0 Å². The van der Waals surface area contributed by atoms with E-state index in [1.807, 2.05) is 13.0 Å². The lowest BCUT2D eigenvalue weighted by molar-refractivity contribution is -0.128. The molecular weight excluding hydrogens is 426 g/mol. The molecule has 3 aromatic rings. The number of aryl methyl sites for hydroxylation is 1. The molecule has 0 spiro atoms. The van der Waals surface area contributed by atoms with E-state index in [0.29, 0.717) is 27.0 Å². The van der Waals surface area contributed by atoms with E-state index < -0.39 is 23.2 Å². The Morgan fingerprint density at radius 2 is 2.17 bits per heavy atom. The molecule has 7 rings (SSSR count). The molecule has 3 N–H and O–H groups in total. The highest BCUT2D eigenvalue weighted by Gasteiger charge is 3.07. The number of aliphatic hydroxyl groups excluding tert-OH is 1. The van der Waals surface area contributed by atoms with Gasteiger partial charge in [-0.15, -0.1) is 11.3 Å².